The Bertz CT molecular complexity index is 188. The molecule has 4 heteroatoms. The highest BCUT2D eigenvalue weighted by molar-refractivity contribution is 5.69. The molecule has 0 heterocycles. The fourth-order valence-corrected chi connectivity index (χ4v) is 1.63. The van der Waals surface area contributed by atoms with Gasteiger partial charge in [0, 0.05) is 13.7 Å². The molecule has 0 aromatic heterocycles. The van der Waals surface area contributed by atoms with E-state index in [0.29, 0.717) is 13.2 Å². The van der Waals surface area contributed by atoms with Crippen molar-refractivity contribution >= 4 is 5.97 Å². The number of carbonyl (C=O) groups is 1. The third-order valence-electron chi connectivity index (χ3n) is 3.00. The molecule has 0 spiro atoms. The Kier molecular flexibility index (Phi) is 5.65. The molecule has 88 valence electrons. The van der Waals surface area contributed by atoms with Crippen molar-refractivity contribution in [2.24, 2.45) is 11.7 Å². The van der Waals surface area contributed by atoms with Gasteiger partial charge in [-0.1, -0.05) is 19.3 Å². The van der Waals surface area contributed by atoms with Gasteiger partial charge in [-0.05, 0) is 12.3 Å². The first-order valence-electron chi connectivity index (χ1n) is 5.64. The van der Waals surface area contributed by atoms with Gasteiger partial charge in [-0.15, -0.1) is 0 Å². The van der Waals surface area contributed by atoms with Crippen molar-refractivity contribution in [3.05, 3.63) is 0 Å². The molecule has 4 nitrogen and oxygen atoms in total. The maximum absolute atomic E-state index is 11.3. The molecule has 2 N–H and O–H groups in total. The lowest BCUT2D eigenvalue weighted by molar-refractivity contribution is -0.146. The molecule has 1 fully saturated rings. The van der Waals surface area contributed by atoms with Crippen molar-refractivity contribution in [1.29, 1.82) is 0 Å². The quantitative estimate of drug-likeness (QED) is 0.646. The van der Waals surface area contributed by atoms with Crippen LogP contribution in [0.25, 0.3) is 0 Å². The molecule has 1 rings (SSSR count). The summed E-state index contributed by atoms with van der Waals surface area (Å²) in [5.74, 6) is 0.581. The van der Waals surface area contributed by atoms with E-state index in [9.17, 15) is 4.79 Å². The fraction of sp³-hybridized carbons (Fsp3) is 0.909. The summed E-state index contributed by atoms with van der Waals surface area (Å²) in [6.45, 7) is 0.902. The predicted octanol–water partition coefficient (Wildman–Crippen LogP) is 1.08. The molecular formula is C11H21NO3. The van der Waals surface area contributed by atoms with E-state index in [1.54, 1.807) is 7.11 Å². The SMILES string of the molecule is COC(CN)CC(=O)OCCC1CCC1. The molecular weight excluding hydrogens is 194 g/mol. The molecule has 0 aliphatic heterocycles. The van der Waals surface area contributed by atoms with Crippen LogP contribution >= 0.6 is 0 Å². The second-order valence-corrected chi connectivity index (χ2v) is 4.10. The minimum atomic E-state index is -0.207. The van der Waals surface area contributed by atoms with Crippen LogP contribution in [0.2, 0.25) is 0 Å². The maximum Gasteiger partial charge on any atom is 0.308 e. The zero-order valence-corrected chi connectivity index (χ0v) is 9.41. The number of nitrogens with two attached hydrogens (primary N) is 1. The molecule has 1 unspecified atom stereocenters. The van der Waals surface area contributed by atoms with Gasteiger partial charge in [0.25, 0.3) is 0 Å². The van der Waals surface area contributed by atoms with E-state index in [4.69, 9.17) is 15.2 Å². The van der Waals surface area contributed by atoms with Gasteiger partial charge in [-0.2, -0.15) is 0 Å². The molecule has 0 amide bonds. The number of carbonyl (C=O) groups excluding carboxylic acids is 1. The van der Waals surface area contributed by atoms with E-state index in [2.05, 4.69) is 0 Å². The van der Waals surface area contributed by atoms with Crippen molar-refractivity contribution < 1.29 is 14.3 Å². The van der Waals surface area contributed by atoms with Crippen LogP contribution < -0.4 is 5.73 Å². The summed E-state index contributed by atoms with van der Waals surface area (Å²) >= 11 is 0. The minimum absolute atomic E-state index is 0.202. The average Bonchev–Trinajstić information content (AvgIpc) is 2.18. The number of rotatable bonds is 7. The van der Waals surface area contributed by atoms with Crippen LogP contribution in [0.4, 0.5) is 0 Å². The zero-order chi connectivity index (χ0) is 11.1. The van der Waals surface area contributed by atoms with Crippen LogP contribution in [0.1, 0.15) is 32.1 Å². The van der Waals surface area contributed by atoms with Gasteiger partial charge in [-0.25, -0.2) is 0 Å². The molecule has 1 aliphatic carbocycles. The summed E-state index contributed by atoms with van der Waals surface area (Å²) < 4.78 is 10.1. The third-order valence-corrected chi connectivity index (χ3v) is 3.00. The molecule has 1 aliphatic rings. The highest BCUT2D eigenvalue weighted by Crippen LogP contribution is 2.29. The highest BCUT2D eigenvalue weighted by atomic mass is 16.5. The largest absolute Gasteiger partial charge is 0.466 e. The smallest absolute Gasteiger partial charge is 0.308 e. The van der Waals surface area contributed by atoms with Gasteiger partial charge in [0.2, 0.25) is 0 Å². The first-order valence-corrected chi connectivity index (χ1v) is 5.64. The Morgan fingerprint density at radius 1 is 1.53 bits per heavy atom. The molecule has 0 saturated heterocycles. The van der Waals surface area contributed by atoms with Crippen LogP contribution in [0.5, 0.6) is 0 Å². The van der Waals surface area contributed by atoms with Crippen LogP contribution in [0.3, 0.4) is 0 Å². The van der Waals surface area contributed by atoms with E-state index in [1.807, 2.05) is 0 Å². The van der Waals surface area contributed by atoms with E-state index in [-0.39, 0.29) is 18.5 Å². The lowest BCUT2D eigenvalue weighted by atomic mass is 9.83. The van der Waals surface area contributed by atoms with Gasteiger partial charge >= 0.3 is 5.97 Å². The van der Waals surface area contributed by atoms with Gasteiger partial charge in [0.1, 0.15) is 0 Å². The molecule has 0 bridgehead atoms. The average molecular weight is 215 g/mol. The first kappa shape index (κ1) is 12.5. The molecule has 0 aromatic rings. The Labute approximate surface area is 91.1 Å². The predicted molar refractivity (Wildman–Crippen MR) is 57.4 cm³/mol. The second-order valence-electron chi connectivity index (χ2n) is 4.10. The maximum atomic E-state index is 11.3. The van der Waals surface area contributed by atoms with Crippen molar-refractivity contribution in [1.82, 2.24) is 0 Å². The van der Waals surface area contributed by atoms with Crippen molar-refractivity contribution in [2.45, 2.75) is 38.2 Å². The monoisotopic (exact) mass is 215 g/mol. The van der Waals surface area contributed by atoms with Crippen molar-refractivity contribution in [2.75, 3.05) is 20.3 Å². The molecule has 1 saturated carbocycles. The molecule has 0 aromatic carbocycles. The normalized spacial score (nSPS) is 18.3. The molecule has 0 radical (unpaired) electrons. The molecule has 1 atom stereocenters. The van der Waals surface area contributed by atoms with Crippen molar-refractivity contribution in [3.8, 4) is 0 Å². The van der Waals surface area contributed by atoms with Crippen molar-refractivity contribution in [3.63, 3.8) is 0 Å². The number of hydrogen-bond donors (Lipinski definition) is 1. The summed E-state index contributed by atoms with van der Waals surface area (Å²) in [6.07, 6.45) is 4.98. The molecule has 15 heavy (non-hydrogen) atoms. The summed E-state index contributed by atoms with van der Waals surface area (Å²) in [5.41, 5.74) is 5.41. The minimum Gasteiger partial charge on any atom is -0.466 e. The van der Waals surface area contributed by atoms with E-state index < -0.39 is 0 Å². The van der Waals surface area contributed by atoms with Gasteiger partial charge < -0.3 is 15.2 Å². The number of methoxy groups -OCH3 is 1. The van der Waals surface area contributed by atoms with E-state index in [1.165, 1.54) is 19.3 Å². The summed E-state index contributed by atoms with van der Waals surface area (Å²) in [6, 6.07) is 0. The highest BCUT2D eigenvalue weighted by Gasteiger charge is 2.18. The standard InChI is InChI=1S/C11H21NO3/c1-14-10(8-12)7-11(13)15-6-5-9-3-2-4-9/h9-10H,2-8,12H2,1H3. The Balaban J connectivity index is 2.01. The second kappa shape index (κ2) is 6.80. The van der Waals surface area contributed by atoms with Gasteiger partial charge in [-0.3, -0.25) is 4.79 Å². The lowest BCUT2D eigenvalue weighted by Gasteiger charge is -2.24. The Hall–Kier alpha value is -0.610. The Morgan fingerprint density at radius 3 is 2.73 bits per heavy atom. The van der Waals surface area contributed by atoms with Gasteiger partial charge in [0.15, 0.2) is 0 Å². The first-order chi connectivity index (χ1) is 7.26. The topological polar surface area (TPSA) is 61.5 Å². The summed E-state index contributed by atoms with van der Waals surface area (Å²) in [7, 11) is 1.55. The van der Waals surface area contributed by atoms with Crippen LogP contribution in [0, 0.1) is 5.92 Å². The van der Waals surface area contributed by atoms with E-state index >= 15 is 0 Å². The lowest BCUT2D eigenvalue weighted by Crippen LogP contribution is -2.26. The summed E-state index contributed by atoms with van der Waals surface area (Å²) in [5, 5.41) is 0. The number of ether oxygens (including phenoxy) is 2. The third kappa shape index (κ3) is 4.62. The van der Waals surface area contributed by atoms with Crippen LogP contribution in [0.15, 0.2) is 0 Å². The number of hydrogen-bond acceptors (Lipinski definition) is 4. The summed E-state index contributed by atoms with van der Waals surface area (Å²) in [4.78, 5) is 11.3. The Morgan fingerprint density at radius 2 is 2.27 bits per heavy atom. The van der Waals surface area contributed by atoms with Gasteiger partial charge in [0.05, 0.1) is 19.1 Å². The fourth-order valence-electron chi connectivity index (χ4n) is 1.63. The van der Waals surface area contributed by atoms with Crippen LogP contribution in [-0.2, 0) is 14.3 Å². The van der Waals surface area contributed by atoms with Crippen LogP contribution in [-0.4, -0.2) is 32.3 Å². The van der Waals surface area contributed by atoms with E-state index in [0.717, 1.165) is 12.3 Å². The zero-order valence-electron chi connectivity index (χ0n) is 9.41. The number of esters is 1.